The van der Waals surface area contributed by atoms with Crippen molar-refractivity contribution < 1.29 is 24.4 Å². The Morgan fingerprint density at radius 2 is 2.13 bits per heavy atom. The molecule has 86 valence electrons. The predicted octanol–water partition coefficient (Wildman–Crippen LogP) is -0.228. The van der Waals surface area contributed by atoms with Gasteiger partial charge in [0.15, 0.2) is 17.7 Å². The molecule has 15 heavy (non-hydrogen) atoms. The first-order valence-corrected chi connectivity index (χ1v) is 4.90. The van der Waals surface area contributed by atoms with Crippen LogP contribution >= 0.6 is 0 Å². The quantitative estimate of drug-likeness (QED) is 0.624. The highest BCUT2D eigenvalue weighted by atomic mass is 16.8. The van der Waals surface area contributed by atoms with E-state index in [4.69, 9.17) is 14.2 Å². The first-order valence-electron chi connectivity index (χ1n) is 4.90. The van der Waals surface area contributed by atoms with Crippen LogP contribution in [0.3, 0.4) is 0 Å². The summed E-state index contributed by atoms with van der Waals surface area (Å²) in [6, 6.07) is 0. The molecule has 2 rings (SSSR count). The highest BCUT2D eigenvalue weighted by Gasteiger charge is 2.65. The van der Waals surface area contributed by atoms with Crippen molar-refractivity contribution in [3.05, 3.63) is 12.7 Å². The molecule has 2 aliphatic rings. The molecule has 0 saturated carbocycles. The van der Waals surface area contributed by atoms with E-state index in [9.17, 15) is 10.2 Å². The lowest BCUT2D eigenvalue weighted by Gasteiger charge is -2.27. The Morgan fingerprint density at radius 3 is 2.67 bits per heavy atom. The van der Waals surface area contributed by atoms with E-state index in [1.54, 1.807) is 13.8 Å². The standard InChI is InChI=1S/C10H16O5/c1-4-6-7-10(5-11,8(12)13-6)15-9(2,3)14-7/h4,6-8,11-12H,1,5H2,2-3H3/t6-,7-,8?,10-/m0/s1. The summed E-state index contributed by atoms with van der Waals surface area (Å²) >= 11 is 0. The fraction of sp³-hybridized carbons (Fsp3) is 0.800. The van der Waals surface area contributed by atoms with Crippen molar-refractivity contribution in [1.82, 2.24) is 0 Å². The Morgan fingerprint density at radius 1 is 1.47 bits per heavy atom. The number of hydrogen-bond donors (Lipinski definition) is 2. The lowest BCUT2D eigenvalue weighted by Crippen LogP contribution is -2.49. The molecule has 2 N–H and O–H groups in total. The van der Waals surface area contributed by atoms with E-state index in [1.165, 1.54) is 6.08 Å². The molecule has 0 aliphatic carbocycles. The zero-order valence-corrected chi connectivity index (χ0v) is 8.84. The van der Waals surface area contributed by atoms with Crippen LogP contribution in [0, 0.1) is 0 Å². The zero-order chi connectivity index (χ0) is 11.3. The van der Waals surface area contributed by atoms with Crippen molar-refractivity contribution in [1.29, 1.82) is 0 Å². The van der Waals surface area contributed by atoms with Gasteiger partial charge in [-0.1, -0.05) is 6.08 Å². The molecule has 0 amide bonds. The molecular formula is C10H16O5. The molecule has 0 aromatic heterocycles. The van der Waals surface area contributed by atoms with E-state index < -0.39 is 29.9 Å². The molecule has 0 spiro atoms. The number of ether oxygens (including phenoxy) is 3. The third kappa shape index (κ3) is 1.43. The van der Waals surface area contributed by atoms with Gasteiger partial charge in [-0.25, -0.2) is 0 Å². The number of aliphatic hydroxyl groups is 2. The topological polar surface area (TPSA) is 68.2 Å². The average molecular weight is 216 g/mol. The minimum absolute atomic E-state index is 0.355. The molecular weight excluding hydrogens is 200 g/mol. The van der Waals surface area contributed by atoms with Gasteiger partial charge in [0, 0.05) is 0 Å². The predicted molar refractivity (Wildman–Crippen MR) is 50.9 cm³/mol. The Bertz CT molecular complexity index is 277. The number of aliphatic hydroxyl groups excluding tert-OH is 2. The Balaban J connectivity index is 2.34. The van der Waals surface area contributed by atoms with Gasteiger partial charge in [-0.2, -0.15) is 0 Å². The van der Waals surface area contributed by atoms with E-state index >= 15 is 0 Å². The Kier molecular flexibility index (Phi) is 2.40. The summed E-state index contributed by atoms with van der Waals surface area (Å²) in [7, 11) is 0. The van der Waals surface area contributed by atoms with Crippen LogP contribution < -0.4 is 0 Å². The van der Waals surface area contributed by atoms with Crippen LogP contribution in [0.15, 0.2) is 12.7 Å². The zero-order valence-electron chi connectivity index (χ0n) is 8.84. The van der Waals surface area contributed by atoms with E-state index in [2.05, 4.69) is 6.58 Å². The second-order valence-electron chi connectivity index (χ2n) is 4.34. The van der Waals surface area contributed by atoms with Crippen LogP contribution in [0.4, 0.5) is 0 Å². The van der Waals surface area contributed by atoms with Crippen LogP contribution in [0.25, 0.3) is 0 Å². The van der Waals surface area contributed by atoms with Crippen LogP contribution in [-0.4, -0.2) is 46.7 Å². The Hall–Kier alpha value is -0.460. The average Bonchev–Trinajstić information content (AvgIpc) is 2.58. The van der Waals surface area contributed by atoms with Crippen molar-refractivity contribution >= 4 is 0 Å². The molecule has 2 heterocycles. The van der Waals surface area contributed by atoms with Gasteiger partial charge in [-0.05, 0) is 13.8 Å². The van der Waals surface area contributed by atoms with Gasteiger partial charge in [0.1, 0.15) is 12.2 Å². The van der Waals surface area contributed by atoms with Crippen LogP contribution in [0.2, 0.25) is 0 Å². The maximum Gasteiger partial charge on any atom is 0.190 e. The normalized spacial score (nSPS) is 47.9. The van der Waals surface area contributed by atoms with Crippen molar-refractivity contribution in [3.8, 4) is 0 Å². The monoisotopic (exact) mass is 216 g/mol. The summed E-state index contributed by atoms with van der Waals surface area (Å²) in [6.07, 6.45) is -0.646. The second kappa shape index (κ2) is 3.26. The molecule has 0 radical (unpaired) electrons. The van der Waals surface area contributed by atoms with Gasteiger partial charge in [0.2, 0.25) is 0 Å². The van der Waals surface area contributed by atoms with Gasteiger partial charge >= 0.3 is 0 Å². The SMILES string of the molecule is C=C[C@@H]1OC(O)[C@@]2(CO)OC(C)(C)O[C@@H]12. The van der Waals surface area contributed by atoms with Crippen LogP contribution in [0.1, 0.15) is 13.8 Å². The molecule has 4 atom stereocenters. The first kappa shape index (κ1) is 11.0. The van der Waals surface area contributed by atoms with Crippen molar-refractivity contribution in [3.63, 3.8) is 0 Å². The highest BCUT2D eigenvalue weighted by molar-refractivity contribution is 5.10. The Labute approximate surface area is 88.3 Å². The van der Waals surface area contributed by atoms with Crippen molar-refractivity contribution in [2.45, 2.75) is 43.7 Å². The van der Waals surface area contributed by atoms with Gasteiger partial charge in [-0.15, -0.1) is 6.58 Å². The largest absolute Gasteiger partial charge is 0.393 e. The lowest BCUT2D eigenvalue weighted by atomic mass is 9.96. The van der Waals surface area contributed by atoms with Crippen LogP contribution in [0.5, 0.6) is 0 Å². The smallest absolute Gasteiger partial charge is 0.190 e. The molecule has 2 saturated heterocycles. The third-order valence-corrected chi connectivity index (χ3v) is 2.81. The fourth-order valence-corrected chi connectivity index (χ4v) is 2.20. The summed E-state index contributed by atoms with van der Waals surface area (Å²) in [4.78, 5) is 0. The molecule has 5 heteroatoms. The number of fused-ring (bicyclic) bond motifs is 1. The lowest BCUT2D eigenvalue weighted by molar-refractivity contribution is -0.249. The molecule has 2 aliphatic heterocycles. The molecule has 1 unspecified atom stereocenters. The van der Waals surface area contributed by atoms with Crippen molar-refractivity contribution in [2.24, 2.45) is 0 Å². The van der Waals surface area contributed by atoms with E-state index in [-0.39, 0.29) is 6.61 Å². The summed E-state index contributed by atoms with van der Waals surface area (Å²) in [5.41, 5.74) is -1.19. The van der Waals surface area contributed by atoms with Crippen molar-refractivity contribution in [2.75, 3.05) is 6.61 Å². The van der Waals surface area contributed by atoms with Gasteiger partial charge in [-0.3, -0.25) is 0 Å². The van der Waals surface area contributed by atoms with Gasteiger partial charge < -0.3 is 24.4 Å². The van der Waals surface area contributed by atoms with Crippen LogP contribution in [-0.2, 0) is 14.2 Å². The van der Waals surface area contributed by atoms with Gasteiger partial charge in [0.05, 0.1) is 6.61 Å². The fourth-order valence-electron chi connectivity index (χ4n) is 2.20. The summed E-state index contributed by atoms with van der Waals surface area (Å²) in [6.45, 7) is 6.71. The van der Waals surface area contributed by atoms with E-state index in [0.717, 1.165) is 0 Å². The number of rotatable bonds is 2. The molecule has 0 aromatic carbocycles. The van der Waals surface area contributed by atoms with E-state index in [1.807, 2.05) is 0 Å². The second-order valence-corrected chi connectivity index (χ2v) is 4.34. The number of hydrogen-bond acceptors (Lipinski definition) is 5. The summed E-state index contributed by atoms with van der Waals surface area (Å²) in [5.74, 6) is -0.834. The highest BCUT2D eigenvalue weighted by Crippen LogP contribution is 2.45. The molecule has 0 bridgehead atoms. The van der Waals surface area contributed by atoms with E-state index in [0.29, 0.717) is 0 Å². The molecule has 0 aromatic rings. The first-order chi connectivity index (χ1) is 6.95. The molecule has 5 nitrogen and oxygen atoms in total. The minimum atomic E-state index is -1.20. The maximum absolute atomic E-state index is 9.75. The van der Waals surface area contributed by atoms with Gasteiger partial charge in [0.25, 0.3) is 0 Å². The third-order valence-electron chi connectivity index (χ3n) is 2.81. The minimum Gasteiger partial charge on any atom is -0.393 e. The maximum atomic E-state index is 9.75. The molecule has 2 fully saturated rings. The summed E-state index contributed by atoms with van der Waals surface area (Å²) in [5, 5.41) is 19.1. The summed E-state index contributed by atoms with van der Waals surface area (Å²) < 4.78 is 16.4.